The first-order valence-corrected chi connectivity index (χ1v) is 12.4. The maximum Gasteiger partial charge on any atom is 0.265 e. The molecule has 0 atom stereocenters. The Morgan fingerprint density at radius 3 is 2.63 bits per heavy atom. The second kappa shape index (κ2) is 7.88. The lowest BCUT2D eigenvalue weighted by Gasteiger charge is -2.42. The summed E-state index contributed by atoms with van der Waals surface area (Å²) in [5, 5.41) is 9.72. The molecule has 2 aliphatic rings. The van der Waals surface area contributed by atoms with E-state index >= 15 is 0 Å². The monoisotopic (exact) mass is 422 g/mol. The molecule has 0 radical (unpaired) electrons. The van der Waals surface area contributed by atoms with Crippen molar-refractivity contribution in [3.8, 4) is 11.3 Å². The van der Waals surface area contributed by atoms with Crippen molar-refractivity contribution < 1.29 is 0 Å². The quantitative estimate of drug-likeness (QED) is 0.529. The number of hydrogen-bond acceptors (Lipinski definition) is 4. The lowest BCUT2D eigenvalue weighted by Crippen LogP contribution is -2.43. The molecule has 0 aliphatic heterocycles. The summed E-state index contributed by atoms with van der Waals surface area (Å²) in [7, 11) is 0. The van der Waals surface area contributed by atoms with Gasteiger partial charge in [-0.2, -0.15) is 0 Å². The van der Waals surface area contributed by atoms with Gasteiger partial charge in [0.1, 0.15) is 0 Å². The maximum absolute atomic E-state index is 14.1. The topological polar surface area (TPSA) is 52.2 Å². The Hall–Kier alpha value is -2.08. The Bertz CT molecular complexity index is 1140. The van der Waals surface area contributed by atoms with Gasteiger partial charge in [0.15, 0.2) is 5.16 Å². The number of aromatic nitrogens is 4. The Kier molecular flexibility index (Phi) is 5.21. The van der Waals surface area contributed by atoms with Gasteiger partial charge in [-0.15, -0.1) is 10.2 Å². The molecule has 0 saturated heterocycles. The lowest BCUT2D eigenvalue weighted by atomic mass is 9.62. The summed E-state index contributed by atoms with van der Waals surface area (Å²) in [6.07, 6.45) is 8.88. The summed E-state index contributed by atoms with van der Waals surface area (Å²) in [5.74, 6) is 1.64. The van der Waals surface area contributed by atoms with E-state index in [9.17, 15) is 4.79 Å². The molecule has 158 valence electrons. The van der Waals surface area contributed by atoms with Crippen LogP contribution in [0.4, 0.5) is 0 Å². The molecule has 0 bridgehead atoms. The number of fused-ring (bicyclic) bond motifs is 5. The molecule has 3 aromatic rings. The minimum absolute atomic E-state index is 0.0559. The van der Waals surface area contributed by atoms with E-state index < -0.39 is 0 Å². The number of aryl methyl sites for hydroxylation is 1. The zero-order valence-electron chi connectivity index (χ0n) is 18.0. The standard InChI is InChI=1S/C24H30N4OS/c1-3-14-27-20-18-11-7-6-10-17(18)16-24(12-8-5-9-13-24)19(20)21(29)28-22(27)25-26-23(28)30-15-4-2/h6-7,10-11H,3-5,8-9,12-16H2,1-2H3. The van der Waals surface area contributed by atoms with Crippen LogP contribution in [0.15, 0.2) is 34.2 Å². The fraction of sp³-hybridized carbons (Fsp3) is 0.542. The molecule has 0 unspecified atom stereocenters. The summed E-state index contributed by atoms with van der Waals surface area (Å²) in [4.78, 5) is 14.1. The van der Waals surface area contributed by atoms with Crippen molar-refractivity contribution in [2.45, 2.75) is 82.3 Å². The first-order valence-electron chi connectivity index (χ1n) is 11.4. The van der Waals surface area contributed by atoms with Crippen molar-refractivity contribution in [2.75, 3.05) is 5.75 Å². The summed E-state index contributed by atoms with van der Waals surface area (Å²) in [5.41, 5.74) is 4.78. The van der Waals surface area contributed by atoms with Gasteiger partial charge in [-0.25, -0.2) is 4.40 Å². The number of benzene rings is 1. The number of nitrogens with zero attached hydrogens (tertiary/aromatic N) is 4. The van der Waals surface area contributed by atoms with E-state index in [-0.39, 0.29) is 11.0 Å². The third-order valence-electron chi connectivity index (χ3n) is 6.81. The molecule has 5 nitrogen and oxygen atoms in total. The van der Waals surface area contributed by atoms with E-state index in [1.165, 1.54) is 30.4 Å². The Morgan fingerprint density at radius 1 is 1.07 bits per heavy atom. The molecule has 5 rings (SSSR count). The molecule has 1 fully saturated rings. The second-order valence-corrected chi connectivity index (χ2v) is 9.88. The highest BCUT2D eigenvalue weighted by atomic mass is 32.2. The molecule has 1 aromatic carbocycles. The minimum atomic E-state index is -0.0559. The maximum atomic E-state index is 14.1. The molecule has 2 aliphatic carbocycles. The van der Waals surface area contributed by atoms with Crippen LogP contribution in [0, 0.1) is 0 Å². The van der Waals surface area contributed by atoms with Gasteiger partial charge in [-0.05, 0) is 37.7 Å². The first kappa shape index (κ1) is 19.9. The predicted octanol–water partition coefficient (Wildman–Crippen LogP) is 5.23. The third-order valence-corrected chi connectivity index (χ3v) is 7.94. The number of rotatable bonds is 5. The average Bonchev–Trinajstić information content (AvgIpc) is 3.19. The molecule has 2 heterocycles. The summed E-state index contributed by atoms with van der Waals surface area (Å²) in [6.45, 7) is 5.18. The molecule has 6 heteroatoms. The summed E-state index contributed by atoms with van der Waals surface area (Å²) >= 11 is 1.64. The van der Waals surface area contributed by atoms with E-state index in [0.29, 0.717) is 5.78 Å². The average molecular weight is 423 g/mol. The largest absolute Gasteiger partial charge is 0.309 e. The van der Waals surface area contributed by atoms with Gasteiger partial charge >= 0.3 is 0 Å². The third kappa shape index (κ3) is 2.95. The fourth-order valence-corrected chi connectivity index (χ4v) is 6.34. The second-order valence-electron chi connectivity index (χ2n) is 8.82. The summed E-state index contributed by atoms with van der Waals surface area (Å²) in [6, 6.07) is 8.68. The Balaban J connectivity index is 1.88. The van der Waals surface area contributed by atoms with Gasteiger partial charge in [0.05, 0.1) is 5.69 Å². The molecular formula is C24H30N4OS. The molecular weight excluding hydrogens is 392 g/mol. The van der Waals surface area contributed by atoms with Crippen molar-refractivity contribution in [3.63, 3.8) is 0 Å². The lowest BCUT2D eigenvalue weighted by molar-refractivity contribution is 0.283. The Morgan fingerprint density at radius 2 is 1.87 bits per heavy atom. The zero-order chi connectivity index (χ0) is 20.7. The van der Waals surface area contributed by atoms with E-state index in [2.05, 4.69) is 52.9 Å². The predicted molar refractivity (Wildman–Crippen MR) is 122 cm³/mol. The molecule has 0 N–H and O–H groups in total. The fourth-order valence-electron chi connectivity index (χ4n) is 5.56. The number of thioether (sulfide) groups is 1. The van der Waals surface area contributed by atoms with Gasteiger partial charge in [-0.1, -0.05) is 69.1 Å². The SMILES string of the molecule is CCCSc1nnc2n(CCC)c3c(c(=O)n12)C1(CCCCC1)Cc1ccccc1-3. The van der Waals surface area contributed by atoms with Crippen LogP contribution >= 0.6 is 11.8 Å². The van der Waals surface area contributed by atoms with Gasteiger partial charge in [0.2, 0.25) is 5.78 Å². The van der Waals surface area contributed by atoms with Gasteiger partial charge in [-0.3, -0.25) is 4.79 Å². The highest BCUT2D eigenvalue weighted by Gasteiger charge is 2.44. The van der Waals surface area contributed by atoms with Crippen LogP contribution in [0.3, 0.4) is 0 Å². The van der Waals surface area contributed by atoms with Crippen molar-refractivity contribution >= 4 is 17.5 Å². The van der Waals surface area contributed by atoms with Crippen molar-refractivity contribution in [1.29, 1.82) is 0 Å². The van der Waals surface area contributed by atoms with E-state index in [0.717, 1.165) is 60.8 Å². The van der Waals surface area contributed by atoms with Gasteiger partial charge in [0, 0.05) is 28.8 Å². The van der Waals surface area contributed by atoms with Crippen LogP contribution in [0.2, 0.25) is 0 Å². The van der Waals surface area contributed by atoms with Crippen LogP contribution < -0.4 is 5.56 Å². The van der Waals surface area contributed by atoms with E-state index in [1.54, 1.807) is 11.8 Å². The van der Waals surface area contributed by atoms with Gasteiger partial charge in [0.25, 0.3) is 5.56 Å². The highest BCUT2D eigenvalue weighted by molar-refractivity contribution is 7.99. The van der Waals surface area contributed by atoms with E-state index in [1.807, 2.05) is 4.40 Å². The highest BCUT2D eigenvalue weighted by Crippen LogP contribution is 2.49. The molecule has 1 spiro atoms. The summed E-state index contributed by atoms with van der Waals surface area (Å²) < 4.78 is 4.10. The molecule has 30 heavy (non-hydrogen) atoms. The van der Waals surface area contributed by atoms with Crippen molar-refractivity contribution in [1.82, 2.24) is 19.2 Å². The van der Waals surface area contributed by atoms with Crippen LogP contribution in [0.1, 0.15) is 69.9 Å². The van der Waals surface area contributed by atoms with Crippen molar-refractivity contribution in [2.24, 2.45) is 0 Å². The van der Waals surface area contributed by atoms with Crippen LogP contribution in [-0.2, 0) is 18.4 Å². The van der Waals surface area contributed by atoms with Crippen LogP contribution in [-0.4, -0.2) is 24.9 Å². The van der Waals surface area contributed by atoms with Gasteiger partial charge < -0.3 is 4.57 Å². The van der Waals surface area contributed by atoms with Crippen molar-refractivity contribution in [3.05, 3.63) is 45.7 Å². The zero-order valence-corrected chi connectivity index (χ0v) is 18.8. The number of hydrogen-bond donors (Lipinski definition) is 0. The smallest absolute Gasteiger partial charge is 0.265 e. The normalized spacial score (nSPS) is 17.3. The molecule has 2 aromatic heterocycles. The Labute approximate surface area is 181 Å². The molecule has 0 amide bonds. The minimum Gasteiger partial charge on any atom is -0.309 e. The van der Waals surface area contributed by atoms with E-state index in [4.69, 9.17) is 0 Å². The van der Waals surface area contributed by atoms with Crippen LogP contribution in [0.25, 0.3) is 17.0 Å². The first-order chi connectivity index (χ1) is 14.7. The van der Waals surface area contributed by atoms with Crippen LogP contribution in [0.5, 0.6) is 0 Å². The molecule has 1 saturated carbocycles.